The molecular formula is C15H31N. The predicted octanol–water partition coefficient (Wildman–Crippen LogP) is 4.32. The first-order valence-electron chi connectivity index (χ1n) is 7.41. The molecule has 0 radical (unpaired) electrons. The van der Waals surface area contributed by atoms with Gasteiger partial charge in [-0.25, -0.2) is 0 Å². The monoisotopic (exact) mass is 225 g/mol. The minimum atomic E-state index is 1.01. The van der Waals surface area contributed by atoms with Gasteiger partial charge in [0, 0.05) is 0 Å². The molecule has 0 atom stereocenters. The lowest BCUT2D eigenvalue weighted by atomic mass is 9.81. The van der Waals surface area contributed by atoms with Crippen LogP contribution in [0.15, 0.2) is 0 Å². The van der Waals surface area contributed by atoms with Crippen molar-refractivity contribution in [1.29, 1.82) is 0 Å². The summed E-state index contributed by atoms with van der Waals surface area (Å²) < 4.78 is 0. The van der Waals surface area contributed by atoms with Gasteiger partial charge in [0.25, 0.3) is 0 Å². The number of rotatable bonds is 7. The predicted molar refractivity (Wildman–Crippen MR) is 72.8 cm³/mol. The van der Waals surface area contributed by atoms with Crippen LogP contribution < -0.4 is 0 Å². The molecule has 0 unspecified atom stereocenters. The normalized spacial score (nSPS) is 26.2. The Bertz CT molecular complexity index is 159. The van der Waals surface area contributed by atoms with Crippen molar-refractivity contribution >= 4 is 0 Å². The molecule has 1 aliphatic rings. The molecule has 1 nitrogen and oxygen atoms in total. The third kappa shape index (κ3) is 5.89. The van der Waals surface area contributed by atoms with Crippen LogP contribution in [-0.4, -0.2) is 25.0 Å². The van der Waals surface area contributed by atoms with E-state index < -0.39 is 0 Å². The standard InChI is InChI=1S/C15H31N/c1-4-12-16(3)13-6-5-7-15-10-8-14(2)9-11-15/h14-15H,4-13H2,1-3H3. The third-order valence-corrected chi connectivity index (χ3v) is 4.14. The molecule has 1 heteroatoms. The van der Waals surface area contributed by atoms with E-state index in [2.05, 4.69) is 25.8 Å². The van der Waals surface area contributed by atoms with Gasteiger partial charge in [0.15, 0.2) is 0 Å². The Balaban J connectivity index is 1.95. The highest BCUT2D eigenvalue weighted by Gasteiger charge is 2.17. The van der Waals surface area contributed by atoms with E-state index >= 15 is 0 Å². The van der Waals surface area contributed by atoms with E-state index in [1.54, 1.807) is 0 Å². The molecule has 0 spiro atoms. The highest BCUT2D eigenvalue weighted by atomic mass is 15.1. The van der Waals surface area contributed by atoms with Crippen LogP contribution in [-0.2, 0) is 0 Å². The first-order chi connectivity index (χ1) is 7.72. The molecule has 1 fully saturated rings. The van der Waals surface area contributed by atoms with Crippen molar-refractivity contribution < 1.29 is 0 Å². The summed E-state index contributed by atoms with van der Waals surface area (Å²) in [7, 11) is 2.26. The van der Waals surface area contributed by atoms with E-state index in [1.807, 2.05) is 0 Å². The third-order valence-electron chi connectivity index (χ3n) is 4.14. The summed E-state index contributed by atoms with van der Waals surface area (Å²) in [6.45, 7) is 7.24. The molecule has 96 valence electrons. The second-order valence-electron chi connectivity index (χ2n) is 5.92. The molecule has 16 heavy (non-hydrogen) atoms. The van der Waals surface area contributed by atoms with Gasteiger partial charge in [-0.2, -0.15) is 0 Å². The average molecular weight is 225 g/mol. The topological polar surface area (TPSA) is 3.24 Å². The molecule has 0 N–H and O–H groups in total. The smallest absolute Gasteiger partial charge is 0.00218 e. The second-order valence-corrected chi connectivity index (χ2v) is 5.92. The van der Waals surface area contributed by atoms with Crippen molar-refractivity contribution in [2.24, 2.45) is 11.8 Å². The summed E-state index contributed by atoms with van der Waals surface area (Å²) in [5, 5.41) is 0. The Morgan fingerprint density at radius 1 is 1.00 bits per heavy atom. The fourth-order valence-corrected chi connectivity index (χ4v) is 2.93. The lowest BCUT2D eigenvalue weighted by molar-refractivity contribution is 0.263. The summed E-state index contributed by atoms with van der Waals surface area (Å²) >= 11 is 0. The van der Waals surface area contributed by atoms with E-state index in [0.29, 0.717) is 0 Å². The van der Waals surface area contributed by atoms with Crippen LogP contribution in [0.25, 0.3) is 0 Å². The second kappa shape index (κ2) is 8.11. The van der Waals surface area contributed by atoms with Crippen molar-refractivity contribution in [3.8, 4) is 0 Å². The van der Waals surface area contributed by atoms with Gasteiger partial charge >= 0.3 is 0 Å². The Morgan fingerprint density at radius 2 is 1.69 bits per heavy atom. The Labute approximate surface area is 103 Å². The zero-order valence-corrected chi connectivity index (χ0v) is 11.7. The molecule has 0 aromatic rings. The fraction of sp³-hybridized carbons (Fsp3) is 1.00. The van der Waals surface area contributed by atoms with Crippen LogP contribution >= 0.6 is 0 Å². The van der Waals surface area contributed by atoms with Crippen molar-refractivity contribution in [2.75, 3.05) is 20.1 Å². The van der Waals surface area contributed by atoms with Gasteiger partial charge in [-0.15, -0.1) is 0 Å². The van der Waals surface area contributed by atoms with Crippen LogP contribution in [0.2, 0.25) is 0 Å². The first-order valence-corrected chi connectivity index (χ1v) is 7.41. The molecule has 0 bridgehead atoms. The van der Waals surface area contributed by atoms with Crippen molar-refractivity contribution in [1.82, 2.24) is 4.90 Å². The summed E-state index contributed by atoms with van der Waals surface area (Å²) in [5.74, 6) is 2.07. The van der Waals surface area contributed by atoms with Gasteiger partial charge in [0.05, 0.1) is 0 Å². The lowest BCUT2D eigenvalue weighted by Gasteiger charge is -2.26. The number of nitrogens with zero attached hydrogens (tertiary/aromatic N) is 1. The fourth-order valence-electron chi connectivity index (χ4n) is 2.93. The van der Waals surface area contributed by atoms with Crippen molar-refractivity contribution in [3.63, 3.8) is 0 Å². The maximum absolute atomic E-state index is 2.48. The van der Waals surface area contributed by atoms with E-state index in [9.17, 15) is 0 Å². The largest absolute Gasteiger partial charge is 0.306 e. The number of unbranched alkanes of at least 4 members (excludes halogenated alkanes) is 1. The molecule has 0 saturated heterocycles. The SMILES string of the molecule is CCCN(C)CCCCC1CCC(C)CC1. The van der Waals surface area contributed by atoms with Gasteiger partial charge < -0.3 is 4.90 Å². The Hall–Kier alpha value is -0.0400. The maximum Gasteiger partial charge on any atom is -0.00218 e. The van der Waals surface area contributed by atoms with Gasteiger partial charge in [0.2, 0.25) is 0 Å². The highest BCUT2D eigenvalue weighted by molar-refractivity contribution is 4.70. The van der Waals surface area contributed by atoms with Crippen molar-refractivity contribution in [3.05, 3.63) is 0 Å². The first kappa shape index (κ1) is 14.0. The highest BCUT2D eigenvalue weighted by Crippen LogP contribution is 2.31. The zero-order valence-electron chi connectivity index (χ0n) is 11.7. The summed E-state index contributed by atoms with van der Waals surface area (Å²) in [4.78, 5) is 2.48. The summed E-state index contributed by atoms with van der Waals surface area (Å²) in [6, 6.07) is 0. The summed E-state index contributed by atoms with van der Waals surface area (Å²) in [5.41, 5.74) is 0. The van der Waals surface area contributed by atoms with Gasteiger partial charge in [0.1, 0.15) is 0 Å². The average Bonchev–Trinajstić information content (AvgIpc) is 2.27. The van der Waals surface area contributed by atoms with E-state index in [0.717, 1.165) is 11.8 Å². The Kier molecular flexibility index (Phi) is 7.11. The van der Waals surface area contributed by atoms with E-state index in [1.165, 1.54) is 64.5 Å². The molecule has 0 amide bonds. The molecule has 0 aliphatic heterocycles. The van der Waals surface area contributed by atoms with Crippen LogP contribution in [0.3, 0.4) is 0 Å². The minimum absolute atomic E-state index is 1.01. The number of hydrogen-bond donors (Lipinski definition) is 0. The van der Waals surface area contributed by atoms with E-state index in [-0.39, 0.29) is 0 Å². The minimum Gasteiger partial charge on any atom is -0.306 e. The van der Waals surface area contributed by atoms with Crippen LogP contribution in [0, 0.1) is 11.8 Å². The van der Waals surface area contributed by atoms with Gasteiger partial charge in [-0.3, -0.25) is 0 Å². The molecule has 0 aromatic carbocycles. The van der Waals surface area contributed by atoms with E-state index in [4.69, 9.17) is 0 Å². The van der Waals surface area contributed by atoms with Gasteiger partial charge in [-0.05, 0) is 44.8 Å². The molecule has 1 aliphatic carbocycles. The quantitative estimate of drug-likeness (QED) is 0.583. The molecule has 1 saturated carbocycles. The summed E-state index contributed by atoms with van der Waals surface area (Å²) in [6.07, 6.45) is 11.6. The molecule has 1 rings (SSSR count). The van der Waals surface area contributed by atoms with Crippen LogP contribution in [0.4, 0.5) is 0 Å². The van der Waals surface area contributed by atoms with Crippen LogP contribution in [0.1, 0.15) is 65.2 Å². The van der Waals surface area contributed by atoms with Crippen LogP contribution in [0.5, 0.6) is 0 Å². The number of hydrogen-bond acceptors (Lipinski definition) is 1. The Morgan fingerprint density at radius 3 is 2.31 bits per heavy atom. The van der Waals surface area contributed by atoms with Gasteiger partial charge in [-0.1, -0.05) is 52.4 Å². The lowest BCUT2D eigenvalue weighted by Crippen LogP contribution is -2.20. The molecular weight excluding hydrogens is 194 g/mol. The molecule has 0 heterocycles. The maximum atomic E-state index is 2.48. The molecule has 0 aromatic heterocycles. The van der Waals surface area contributed by atoms with Crippen molar-refractivity contribution in [2.45, 2.75) is 65.2 Å². The zero-order chi connectivity index (χ0) is 11.8.